The minimum Gasteiger partial charge on any atom is -0.488 e. The van der Waals surface area contributed by atoms with E-state index in [-0.39, 0.29) is 5.56 Å². The molecule has 1 heterocycles. The van der Waals surface area contributed by atoms with E-state index in [1.54, 1.807) is 13.0 Å². The Morgan fingerprint density at radius 2 is 2.06 bits per heavy atom. The molecule has 1 N–H and O–H groups in total. The lowest BCUT2D eigenvalue weighted by atomic mass is 10.2. The first kappa shape index (κ1) is 12.1. The number of aromatic nitrogens is 1. The van der Waals surface area contributed by atoms with E-state index in [0.717, 1.165) is 11.3 Å². The fourth-order valence-corrected chi connectivity index (χ4v) is 1.55. The number of nitrogens with zero attached hydrogens (tertiary/aromatic N) is 1. The van der Waals surface area contributed by atoms with Crippen molar-refractivity contribution in [2.45, 2.75) is 13.5 Å². The van der Waals surface area contributed by atoms with Crippen LogP contribution < -0.4 is 4.74 Å². The van der Waals surface area contributed by atoms with Crippen molar-refractivity contribution in [3.05, 3.63) is 59.4 Å². The van der Waals surface area contributed by atoms with Gasteiger partial charge in [-0.2, -0.15) is 0 Å². The van der Waals surface area contributed by atoms with Gasteiger partial charge in [-0.05, 0) is 12.5 Å². The molecule has 2 rings (SSSR count). The highest BCUT2D eigenvalue weighted by Gasteiger charge is 2.12. The van der Waals surface area contributed by atoms with E-state index in [4.69, 9.17) is 9.84 Å². The summed E-state index contributed by atoms with van der Waals surface area (Å²) in [7, 11) is 0. The molecule has 0 amide bonds. The molecule has 0 unspecified atom stereocenters. The van der Waals surface area contributed by atoms with E-state index in [0.29, 0.717) is 12.4 Å². The molecule has 0 fully saturated rings. The Morgan fingerprint density at radius 1 is 1.33 bits per heavy atom. The van der Waals surface area contributed by atoms with E-state index in [9.17, 15) is 4.79 Å². The number of aryl methyl sites for hydroxylation is 1. The van der Waals surface area contributed by atoms with Crippen LogP contribution in [-0.2, 0) is 6.61 Å². The molecule has 0 aliphatic carbocycles. The highest BCUT2D eigenvalue weighted by Crippen LogP contribution is 2.19. The molecule has 4 nitrogen and oxygen atoms in total. The van der Waals surface area contributed by atoms with Crippen LogP contribution in [0.15, 0.2) is 42.6 Å². The van der Waals surface area contributed by atoms with Crippen molar-refractivity contribution < 1.29 is 14.6 Å². The Hall–Kier alpha value is -2.36. The summed E-state index contributed by atoms with van der Waals surface area (Å²) < 4.78 is 5.54. The second-order valence-electron chi connectivity index (χ2n) is 3.90. The number of carboxylic acid groups (broad SMARTS) is 1. The van der Waals surface area contributed by atoms with Gasteiger partial charge < -0.3 is 9.84 Å². The molecule has 0 bridgehead atoms. The fourth-order valence-electron chi connectivity index (χ4n) is 1.55. The predicted molar refractivity (Wildman–Crippen MR) is 66.7 cm³/mol. The van der Waals surface area contributed by atoms with Crippen LogP contribution in [0.2, 0.25) is 0 Å². The Morgan fingerprint density at radius 3 is 2.72 bits per heavy atom. The van der Waals surface area contributed by atoms with Gasteiger partial charge >= 0.3 is 5.97 Å². The van der Waals surface area contributed by atoms with Gasteiger partial charge in [0, 0.05) is 18.0 Å². The van der Waals surface area contributed by atoms with Crippen molar-refractivity contribution in [1.29, 1.82) is 0 Å². The molecule has 0 radical (unpaired) electrons. The maximum absolute atomic E-state index is 11.0. The summed E-state index contributed by atoms with van der Waals surface area (Å²) in [5.41, 5.74) is 1.79. The maximum atomic E-state index is 11.0. The zero-order valence-electron chi connectivity index (χ0n) is 9.96. The monoisotopic (exact) mass is 243 g/mol. The van der Waals surface area contributed by atoms with Gasteiger partial charge in [-0.3, -0.25) is 4.98 Å². The van der Waals surface area contributed by atoms with Gasteiger partial charge in [0.25, 0.3) is 0 Å². The van der Waals surface area contributed by atoms with Gasteiger partial charge in [0.05, 0.1) is 0 Å². The molecule has 92 valence electrons. The first-order valence-electron chi connectivity index (χ1n) is 5.53. The molecular weight excluding hydrogens is 230 g/mol. The Kier molecular flexibility index (Phi) is 3.57. The largest absolute Gasteiger partial charge is 0.488 e. The number of pyridine rings is 1. The molecule has 0 aliphatic rings. The molecule has 2 aromatic rings. The summed E-state index contributed by atoms with van der Waals surface area (Å²) in [6.07, 6.45) is 1.32. The lowest BCUT2D eigenvalue weighted by Crippen LogP contribution is -2.04. The van der Waals surface area contributed by atoms with Crippen molar-refractivity contribution in [3.63, 3.8) is 0 Å². The Balaban J connectivity index is 2.18. The average molecular weight is 243 g/mol. The maximum Gasteiger partial charge on any atom is 0.341 e. The minimum absolute atomic E-state index is 0.0801. The van der Waals surface area contributed by atoms with Crippen molar-refractivity contribution >= 4 is 5.97 Å². The second kappa shape index (κ2) is 5.31. The third-order valence-electron chi connectivity index (χ3n) is 2.47. The first-order chi connectivity index (χ1) is 8.66. The molecule has 1 aromatic heterocycles. The first-order valence-corrected chi connectivity index (χ1v) is 5.53. The molecule has 1 aromatic carbocycles. The number of carbonyl (C=O) groups is 1. The molecule has 18 heavy (non-hydrogen) atoms. The Bertz CT molecular complexity index is 552. The van der Waals surface area contributed by atoms with Crippen molar-refractivity contribution in [1.82, 2.24) is 4.98 Å². The number of rotatable bonds is 4. The zero-order chi connectivity index (χ0) is 13.0. The van der Waals surface area contributed by atoms with Crippen molar-refractivity contribution in [2.75, 3.05) is 0 Å². The number of hydrogen-bond donors (Lipinski definition) is 1. The summed E-state index contributed by atoms with van der Waals surface area (Å²) in [5, 5.41) is 9.03. The van der Waals surface area contributed by atoms with Crippen LogP contribution in [0.3, 0.4) is 0 Å². The lowest BCUT2D eigenvalue weighted by Gasteiger charge is -2.09. The number of benzene rings is 1. The van der Waals surface area contributed by atoms with Gasteiger partial charge in [0.2, 0.25) is 0 Å². The van der Waals surface area contributed by atoms with Crippen LogP contribution in [0, 0.1) is 6.92 Å². The van der Waals surface area contributed by atoms with Crippen LogP contribution in [0.1, 0.15) is 21.6 Å². The highest BCUT2D eigenvalue weighted by atomic mass is 16.5. The van der Waals surface area contributed by atoms with E-state index in [1.165, 1.54) is 6.20 Å². The molecule has 0 spiro atoms. The third kappa shape index (κ3) is 2.85. The van der Waals surface area contributed by atoms with Gasteiger partial charge in [-0.25, -0.2) is 4.79 Å². The molecule has 0 atom stereocenters. The standard InChI is InChI=1S/C14H13NO3/c1-10-7-13(12(8-15-10)14(16)17)18-9-11-5-3-2-4-6-11/h2-8H,9H2,1H3,(H,16,17). The minimum atomic E-state index is -1.04. The van der Waals surface area contributed by atoms with Crippen LogP contribution in [0.4, 0.5) is 0 Å². The van der Waals surface area contributed by atoms with E-state index in [1.807, 2.05) is 30.3 Å². The van der Waals surface area contributed by atoms with Gasteiger partial charge in [0.15, 0.2) is 0 Å². The normalized spacial score (nSPS) is 10.1. The summed E-state index contributed by atoms with van der Waals surface area (Å²) in [6.45, 7) is 2.13. The van der Waals surface area contributed by atoms with E-state index in [2.05, 4.69) is 4.98 Å². The van der Waals surface area contributed by atoms with Crippen LogP contribution >= 0.6 is 0 Å². The van der Waals surface area contributed by atoms with Crippen LogP contribution in [-0.4, -0.2) is 16.1 Å². The fraction of sp³-hybridized carbons (Fsp3) is 0.143. The topological polar surface area (TPSA) is 59.4 Å². The van der Waals surface area contributed by atoms with E-state index >= 15 is 0 Å². The molecular formula is C14H13NO3. The van der Waals surface area contributed by atoms with Crippen LogP contribution in [0.25, 0.3) is 0 Å². The smallest absolute Gasteiger partial charge is 0.341 e. The second-order valence-corrected chi connectivity index (χ2v) is 3.90. The predicted octanol–water partition coefficient (Wildman–Crippen LogP) is 2.67. The number of carboxylic acids is 1. The van der Waals surface area contributed by atoms with Crippen molar-refractivity contribution in [2.24, 2.45) is 0 Å². The lowest BCUT2D eigenvalue weighted by molar-refractivity contribution is 0.0691. The number of ether oxygens (including phenoxy) is 1. The highest BCUT2D eigenvalue weighted by molar-refractivity contribution is 5.90. The zero-order valence-corrected chi connectivity index (χ0v) is 9.96. The summed E-state index contributed by atoms with van der Waals surface area (Å²) in [5.74, 6) is -0.690. The summed E-state index contributed by atoms with van der Waals surface area (Å²) in [6, 6.07) is 11.2. The quantitative estimate of drug-likeness (QED) is 0.896. The molecule has 0 aliphatic heterocycles. The summed E-state index contributed by atoms with van der Waals surface area (Å²) in [4.78, 5) is 15.0. The van der Waals surface area contributed by atoms with Gasteiger partial charge in [0.1, 0.15) is 17.9 Å². The van der Waals surface area contributed by atoms with Crippen LogP contribution in [0.5, 0.6) is 5.75 Å². The molecule has 0 saturated heterocycles. The SMILES string of the molecule is Cc1cc(OCc2ccccc2)c(C(=O)O)cn1. The van der Waals surface area contributed by atoms with Gasteiger partial charge in [-0.15, -0.1) is 0 Å². The third-order valence-corrected chi connectivity index (χ3v) is 2.47. The van der Waals surface area contributed by atoms with Crippen molar-refractivity contribution in [3.8, 4) is 5.75 Å². The molecule has 4 heteroatoms. The number of aromatic carboxylic acids is 1. The average Bonchev–Trinajstić information content (AvgIpc) is 2.37. The molecule has 0 saturated carbocycles. The Labute approximate surface area is 105 Å². The summed E-state index contributed by atoms with van der Waals surface area (Å²) >= 11 is 0. The van der Waals surface area contributed by atoms with Gasteiger partial charge in [-0.1, -0.05) is 30.3 Å². The number of hydrogen-bond acceptors (Lipinski definition) is 3. The van der Waals surface area contributed by atoms with E-state index < -0.39 is 5.97 Å².